The summed E-state index contributed by atoms with van der Waals surface area (Å²) in [6, 6.07) is 4.47. The van der Waals surface area contributed by atoms with Gasteiger partial charge in [0.2, 0.25) is 5.95 Å². The highest BCUT2D eigenvalue weighted by Crippen LogP contribution is 2.40. The number of nitrogens with one attached hydrogen (secondary N) is 1. The number of nitrogens with two attached hydrogens (primary N) is 1. The van der Waals surface area contributed by atoms with Crippen molar-refractivity contribution < 1.29 is 0 Å². The number of anilines is 1. The van der Waals surface area contributed by atoms with E-state index in [4.69, 9.17) is 33.9 Å². The van der Waals surface area contributed by atoms with Crippen molar-refractivity contribution in [1.29, 1.82) is 0 Å². The highest BCUT2D eigenvalue weighted by atomic mass is 35.5. The number of halogens is 2. The molecule has 166 valence electrons. The van der Waals surface area contributed by atoms with Crippen LogP contribution in [0.2, 0.25) is 10.2 Å². The molecule has 3 aromatic heterocycles. The molecule has 32 heavy (non-hydrogen) atoms. The normalized spacial score (nSPS) is 23.0. The molecule has 0 radical (unpaired) electrons. The molecule has 2 bridgehead atoms. The van der Waals surface area contributed by atoms with E-state index in [0.29, 0.717) is 61.4 Å². The van der Waals surface area contributed by atoms with Gasteiger partial charge in [-0.1, -0.05) is 23.2 Å². The van der Waals surface area contributed by atoms with Gasteiger partial charge in [0.25, 0.3) is 5.56 Å². The van der Waals surface area contributed by atoms with Crippen LogP contribution in [0.15, 0.2) is 16.9 Å². The van der Waals surface area contributed by atoms with E-state index in [0.717, 1.165) is 25.7 Å². The Morgan fingerprint density at radius 2 is 1.84 bits per heavy atom. The lowest BCUT2D eigenvalue weighted by molar-refractivity contribution is 0.405. The molecule has 3 atom stereocenters. The van der Waals surface area contributed by atoms with Crippen molar-refractivity contribution in [2.24, 2.45) is 19.8 Å². The highest BCUT2D eigenvalue weighted by Gasteiger charge is 2.41. The summed E-state index contributed by atoms with van der Waals surface area (Å²) in [6.45, 7) is 0. The van der Waals surface area contributed by atoms with Crippen LogP contribution in [-0.2, 0) is 14.1 Å². The van der Waals surface area contributed by atoms with Crippen molar-refractivity contribution in [3.8, 4) is 11.3 Å². The lowest BCUT2D eigenvalue weighted by Crippen LogP contribution is -2.49. The summed E-state index contributed by atoms with van der Waals surface area (Å²) in [5.41, 5.74) is 8.27. The highest BCUT2D eigenvalue weighted by molar-refractivity contribution is 6.43. The predicted molar refractivity (Wildman–Crippen MR) is 125 cm³/mol. The van der Waals surface area contributed by atoms with E-state index in [2.05, 4.69) is 20.2 Å². The molecule has 0 amide bonds. The molecule has 0 aliphatic carbocycles. The second-order valence-corrected chi connectivity index (χ2v) is 9.57. The third-order valence-electron chi connectivity index (χ3n) is 6.91. The molecule has 2 saturated heterocycles. The molecule has 0 saturated carbocycles. The number of aromatic nitrogens is 6. The SMILES string of the molecule is Cn1nc2ccc(-c3[nH]nc4nc(N5[C@@H]6CC[C@H]5CC(N)C6)n(C)c(=O)c34)c(Cl)c2c1Cl. The number of nitrogens with zero attached hydrogens (tertiary/aromatic N) is 6. The average molecular weight is 473 g/mol. The Morgan fingerprint density at radius 3 is 2.56 bits per heavy atom. The topological polar surface area (TPSA) is 111 Å². The summed E-state index contributed by atoms with van der Waals surface area (Å²) < 4.78 is 3.19. The van der Waals surface area contributed by atoms with Gasteiger partial charge in [-0.2, -0.15) is 15.2 Å². The molecular weight excluding hydrogens is 451 g/mol. The molecule has 6 rings (SSSR count). The van der Waals surface area contributed by atoms with E-state index in [1.54, 1.807) is 23.3 Å². The monoisotopic (exact) mass is 472 g/mol. The number of fused-ring (bicyclic) bond motifs is 4. The number of benzene rings is 1. The first-order valence-corrected chi connectivity index (χ1v) is 11.4. The number of piperidine rings is 1. The molecular formula is C21H22Cl2N8O. The van der Waals surface area contributed by atoms with Crippen LogP contribution >= 0.6 is 23.2 Å². The first-order valence-electron chi connectivity index (χ1n) is 10.6. The minimum atomic E-state index is -0.170. The number of hydrogen-bond acceptors (Lipinski definition) is 6. The number of hydrogen-bond donors (Lipinski definition) is 2. The van der Waals surface area contributed by atoms with E-state index in [1.165, 1.54) is 0 Å². The maximum absolute atomic E-state index is 13.5. The molecule has 2 aliphatic heterocycles. The minimum absolute atomic E-state index is 0.170. The first kappa shape index (κ1) is 20.0. The maximum atomic E-state index is 13.5. The van der Waals surface area contributed by atoms with Crippen molar-refractivity contribution in [2.75, 3.05) is 4.90 Å². The second-order valence-electron chi connectivity index (χ2n) is 8.83. The number of H-pyrrole nitrogens is 1. The van der Waals surface area contributed by atoms with E-state index in [1.807, 2.05) is 12.1 Å². The Kier molecular flexibility index (Phi) is 4.34. The fraction of sp³-hybridized carbons (Fsp3) is 0.429. The molecule has 5 heterocycles. The van der Waals surface area contributed by atoms with Gasteiger partial charge in [0.1, 0.15) is 10.5 Å². The Balaban J connectivity index is 1.53. The molecule has 9 nitrogen and oxygen atoms in total. The van der Waals surface area contributed by atoms with Crippen LogP contribution < -0.4 is 16.2 Å². The van der Waals surface area contributed by atoms with Gasteiger partial charge in [0.05, 0.1) is 21.6 Å². The summed E-state index contributed by atoms with van der Waals surface area (Å²) in [4.78, 5) is 20.6. The zero-order valence-corrected chi connectivity index (χ0v) is 19.2. The molecule has 0 spiro atoms. The smallest absolute Gasteiger partial charge is 0.266 e. The Bertz CT molecular complexity index is 1440. The van der Waals surface area contributed by atoms with E-state index in [-0.39, 0.29) is 11.6 Å². The zero-order chi connectivity index (χ0) is 22.3. The molecule has 2 aliphatic rings. The van der Waals surface area contributed by atoms with Gasteiger partial charge in [-0.25, -0.2) is 0 Å². The fourth-order valence-electron chi connectivity index (χ4n) is 5.42. The number of aryl methyl sites for hydroxylation is 1. The van der Waals surface area contributed by atoms with Crippen LogP contribution in [0.25, 0.3) is 33.2 Å². The van der Waals surface area contributed by atoms with Gasteiger partial charge in [0, 0.05) is 37.8 Å². The van der Waals surface area contributed by atoms with Crippen LogP contribution in [0.1, 0.15) is 25.7 Å². The first-order chi connectivity index (χ1) is 15.3. The van der Waals surface area contributed by atoms with E-state index in [9.17, 15) is 4.79 Å². The van der Waals surface area contributed by atoms with Gasteiger partial charge >= 0.3 is 0 Å². The van der Waals surface area contributed by atoms with Crippen molar-refractivity contribution >= 4 is 51.1 Å². The fourth-order valence-corrected chi connectivity index (χ4v) is 6.04. The third-order valence-corrected chi connectivity index (χ3v) is 7.74. The van der Waals surface area contributed by atoms with Crippen LogP contribution in [0, 0.1) is 0 Å². The van der Waals surface area contributed by atoms with Gasteiger partial charge in [-0.15, -0.1) is 0 Å². The number of aromatic amines is 1. The second kappa shape index (κ2) is 6.94. The van der Waals surface area contributed by atoms with E-state index >= 15 is 0 Å². The van der Waals surface area contributed by atoms with Crippen LogP contribution in [0.5, 0.6) is 0 Å². The molecule has 1 aromatic carbocycles. The van der Waals surface area contributed by atoms with Gasteiger partial charge in [-0.3, -0.25) is 19.1 Å². The van der Waals surface area contributed by atoms with Gasteiger partial charge < -0.3 is 10.6 Å². The lowest BCUT2D eigenvalue weighted by atomic mass is 9.98. The standard InChI is InChI=1S/C21H22Cl2N8O/c1-29-20(32)15-17(12-5-6-13-14(16(12)22)18(23)30(2)28-13)26-27-19(15)25-21(29)31-10-3-4-11(31)8-9(24)7-10/h5-6,9-11H,3-4,7-8,24H2,1-2H3,(H,26,27)/t9?,10-,11+. The minimum Gasteiger partial charge on any atom is -0.336 e. The zero-order valence-electron chi connectivity index (χ0n) is 17.6. The average Bonchev–Trinajstić information content (AvgIpc) is 3.38. The quantitative estimate of drug-likeness (QED) is 0.463. The van der Waals surface area contributed by atoms with Crippen molar-refractivity contribution in [1.82, 2.24) is 29.5 Å². The summed E-state index contributed by atoms with van der Waals surface area (Å²) >= 11 is 13.1. The predicted octanol–water partition coefficient (Wildman–Crippen LogP) is 2.98. The summed E-state index contributed by atoms with van der Waals surface area (Å²) in [6.07, 6.45) is 3.97. The van der Waals surface area contributed by atoms with Crippen molar-refractivity contribution in [2.45, 2.75) is 43.8 Å². The largest absolute Gasteiger partial charge is 0.336 e. The van der Waals surface area contributed by atoms with Crippen LogP contribution in [-0.4, -0.2) is 47.7 Å². The molecule has 4 aromatic rings. The van der Waals surface area contributed by atoms with Gasteiger partial charge in [0.15, 0.2) is 5.65 Å². The Hall–Kier alpha value is -2.62. The summed E-state index contributed by atoms with van der Waals surface area (Å²) in [5.74, 6) is 0.650. The van der Waals surface area contributed by atoms with Crippen LogP contribution in [0.3, 0.4) is 0 Å². The van der Waals surface area contributed by atoms with Crippen molar-refractivity contribution in [3.05, 3.63) is 32.7 Å². The molecule has 11 heteroatoms. The van der Waals surface area contributed by atoms with E-state index < -0.39 is 0 Å². The molecule has 1 unspecified atom stereocenters. The summed E-state index contributed by atoms with van der Waals surface area (Å²) in [7, 11) is 3.52. The maximum Gasteiger partial charge on any atom is 0.266 e. The van der Waals surface area contributed by atoms with Crippen LogP contribution in [0.4, 0.5) is 5.95 Å². The van der Waals surface area contributed by atoms with Crippen molar-refractivity contribution in [3.63, 3.8) is 0 Å². The lowest BCUT2D eigenvalue weighted by Gasteiger charge is -2.38. The molecule has 2 fully saturated rings. The molecule has 3 N–H and O–H groups in total. The Morgan fingerprint density at radius 1 is 1.12 bits per heavy atom. The van der Waals surface area contributed by atoms with Gasteiger partial charge in [-0.05, 0) is 37.8 Å². The number of rotatable bonds is 2. The Labute approximate surface area is 193 Å². The third kappa shape index (κ3) is 2.68. The summed E-state index contributed by atoms with van der Waals surface area (Å²) in [5, 5.41) is 13.6.